The highest BCUT2D eigenvalue weighted by Gasteiger charge is 2.95. The summed E-state index contributed by atoms with van der Waals surface area (Å²) < 4.78 is 253. The van der Waals surface area contributed by atoms with Gasteiger partial charge < -0.3 is 4.74 Å². The highest BCUT2D eigenvalue weighted by molar-refractivity contribution is 7.77. The highest BCUT2D eigenvalue weighted by atomic mass is 32.2. The molecule has 0 aliphatic heterocycles. The van der Waals surface area contributed by atoms with E-state index in [4.69, 9.17) is 4.55 Å². The smallest absolute Gasteiger partial charge is 0.460 e. The molecule has 2 N–H and O–H groups in total. The Balaban J connectivity index is 7.33. The van der Waals surface area contributed by atoms with Gasteiger partial charge in [-0.15, -0.1) is 0 Å². The molecule has 0 spiro atoms. The van der Waals surface area contributed by atoms with E-state index in [0.29, 0.717) is 0 Å². The van der Waals surface area contributed by atoms with Crippen molar-refractivity contribution in [3.63, 3.8) is 0 Å². The maximum atomic E-state index is 14.5. The molecule has 0 radical (unpaired) electrons. The van der Waals surface area contributed by atoms with Gasteiger partial charge in [-0.2, -0.15) is 74.6 Å². The lowest BCUT2D eigenvalue weighted by atomic mass is 9.86. The number of rotatable bonds is 12. The van der Waals surface area contributed by atoms with Crippen LogP contribution in [-0.2, 0) is 20.8 Å². The fourth-order valence-electron chi connectivity index (χ4n) is 2.43. The molecule has 1 unspecified atom stereocenters. The molecule has 0 aliphatic rings. The second kappa shape index (κ2) is 10.5. The molecule has 0 aromatic heterocycles. The number of hydrogen-bond donors (Lipinski definition) is 2. The summed E-state index contributed by atoms with van der Waals surface area (Å²) in [4.78, 5) is 11.7. The lowest BCUT2D eigenvalue weighted by Crippen LogP contribution is -2.74. The van der Waals surface area contributed by atoms with Crippen LogP contribution in [0.25, 0.3) is 0 Å². The summed E-state index contributed by atoms with van der Waals surface area (Å²) in [7, 11) is 0. The van der Waals surface area contributed by atoms with Crippen molar-refractivity contribution in [2.24, 2.45) is 0 Å². The van der Waals surface area contributed by atoms with E-state index in [0.717, 1.165) is 11.6 Å². The largest absolute Gasteiger partial charge is 0.461 e. The molecule has 0 amide bonds. The molecule has 0 heterocycles. The average molecular weight is 625 g/mol. The van der Waals surface area contributed by atoms with E-state index in [9.17, 15) is 83.6 Å². The van der Waals surface area contributed by atoms with Gasteiger partial charge in [-0.25, -0.2) is 9.00 Å². The molecule has 0 aliphatic carbocycles. The lowest BCUT2D eigenvalue weighted by molar-refractivity contribution is -0.460. The number of nitrogens with one attached hydrogen (secondary N) is 1. The standard InChI is InChI=1S/C15H12F17NO4S/c1-3-5(6(33-38(35)36)7(34)37-4-2)8(16,17)9(18,19)10(20,21)11(22,23)12(24,25)13(26,27)14(28,29)15(30,31)32/h33H,3-4H2,1-2H3,(H,35,36). The van der Waals surface area contributed by atoms with Crippen LogP contribution in [0.15, 0.2) is 11.3 Å². The predicted octanol–water partition coefficient (Wildman–Crippen LogP) is 5.95. The van der Waals surface area contributed by atoms with Crippen molar-refractivity contribution in [2.75, 3.05) is 6.61 Å². The van der Waals surface area contributed by atoms with Crippen molar-refractivity contribution >= 4 is 17.2 Å². The number of esters is 1. The molecule has 0 saturated carbocycles. The Morgan fingerprint density at radius 3 is 1.32 bits per heavy atom. The van der Waals surface area contributed by atoms with Gasteiger partial charge in [0.2, 0.25) is 0 Å². The van der Waals surface area contributed by atoms with E-state index in [1.807, 2.05) is 0 Å². The van der Waals surface area contributed by atoms with Crippen molar-refractivity contribution in [3.05, 3.63) is 11.3 Å². The Hall–Kier alpha value is -2.07. The van der Waals surface area contributed by atoms with Gasteiger partial charge in [-0.05, 0) is 13.3 Å². The number of hydrogen-bond acceptors (Lipinski definition) is 3. The van der Waals surface area contributed by atoms with E-state index in [1.165, 1.54) is 0 Å². The van der Waals surface area contributed by atoms with Crippen LogP contribution in [0, 0.1) is 0 Å². The SMILES string of the molecule is CCOC(=O)C(NS(=O)O)=C(CC)C(F)(F)C(F)(F)C(F)(F)C(F)(F)C(F)(F)C(F)(F)C(F)(F)C(F)(F)F. The molecule has 38 heavy (non-hydrogen) atoms. The minimum Gasteiger partial charge on any atom is -0.461 e. The van der Waals surface area contributed by atoms with Crippen LogP contribution in [0.3, 0.4) is 0 Å². The van der Waals surface area contributed by atoms with Gasteiger partial charge in [0.25, 0.3) is 11.3 Å². The zero-order valence-electron chi connectivity index (χ0n) is 17.9. The lowest BCUT2D eigenvalue weighted by Gasteiger charge is -2.43. The van der Waals surface area contributed by atoms with E-state index < -0.39 is 89.2 Å². The van der Waals surface area contributed by atoms with Gasteiger partial charge >= 0.3 is 53.6 Å². The van der Waals surface area contributed by atoms with Crippen molar-refractivity contribution in [1.82, 2.24) is 4.72 Å². The Morgan fingerprint density at radius 2 is 1.03 bits per heavy atom. The topological polar surface area (TPSA) is 75.6 Å². The molecule has 0 bridgehead atoms. The first-order chi connectivity index (χ1) is 16.5. The monoisotopic (exact) mass is 625 g/mol. The Bertz CT molecular complexity index is 944. The zero-order valence-corrected chi connectivity index (χ0v) is 18.7. The third-order valence-corrected chi connectivity index (χ3v) is 4.80. The predicted molar refractivity (Wildman–Crippen MR) is 88.5 cm³/mol. The normalized spacial score (nSPS) is 16.6. The minimum absolute atomic E-state index is 0.253. The maximum absolute atomic E-state index is 14.5. The van der Waals surface area contributed by atoms with Crippen LogP contribution in [0.4, 0.5) is 74.6 Å². The molecule has 226 valence electrons. The molecule has 23 heteroatoms. The summed E-state index contributed by atoms with van der Waals surface area (Å²) in [6.07, 6.45) is -9.75. The minimum atomic E-state index is -8.81. The van der Waals surface area contributed by atoms with E-state index in [2.05, 4.69) is 4.74 Å². The average Bonchev–Trinajstić information content (AvgIpc) is 2.71. The first-order valence-electron chi connectivity index (χ1n) is 8.98. The molecule has 0 fully saturated rings. The van der Waals surface area contributed by atoms with Gasteiger partial charge in [0, 0.05) is 5.57 Å². The van der Waals surface area contributed by atoms with Crippen molar-refractivity contribution < 1.29 is 92.9 Å². The zero-order chi connectivity index (χ0) is 31.1. The summed E-state index contributed by atoms with van der Waals surface area (Å²) in [5.41, 5.74) is -5.19. The summed E-state index contributed by atoms with van der Waals surface area (Å²) in [6.45, 7) is 0.283. The van der Waals surface area contributed by atoms with E-state index in [-0.39, 0.29) is 6.92 Å². The fourth-order valence-corrected chi connectivity index (χ4v) is 2.81. The molecule has 5 nitrogen and oxygen atoms in total. The molecule has 0 aromatic carbocycles. The highest BCUT2D eigenvalue weighted by Crippen LogP contribution is 2.64. The second-order valence-corrected chi connectivity index (χ2v) is 7.50. The number of ether oxygens (including phenoxy) is 1. The number of alkyl halides is 17. The summed E-state index contributed by atoms with van der Waals surface area (Å²) in [5.74, 6) is -60.7. The Kier molecular flexibility index (Phi) is 9.91. The van der Waals surface area contributed by atoms with Crippen LogP contribution in [0.2, 0.25) is 0 Å². The molecule has 0 saturated heterocycles. The summed E-state index contributed by atoms with van der Waals surface area (Å²) in [5, 5.41) is 0. The van der Waals surface area contributed by atoms with Crippen molar-refractivity contribution in [2.45, 2.75) is 67.9 Å². The Morgan fingerprint density at radius 1 is 0.684 bits per heavy atom. The van der Waals surface area contributed by atoms with Crippen LogP contribution < -0.4 is 4.72 Å². The van der Waals surface area contributed by atoms with Crippen molar-refractivity contribution in [1.29, 1.82) is 0 Å². The van der Waals surface area contributed by atoms with Gasteiger partial charge in [-0.1, -0.05) is 6.92 Å². The quantitative estimate of drug-likeness (QED) is 0.122. The number of halogens is 17. The van der Waals surface area contributed by atoms with Gasteiger partial charge in [0.1, 0.15) is 5.70 Å². The number of allylic oxidation sites excluding steroid dienone is 1. The third-order valence-electron chi connectivity index (χ3n) is 4.43. The number of carbonyl (C=O) groups excluding carboxylic acids is 1. The fraction of sp³-hybridized carbons (Fsp3) is 0.800. The third kappa shape index (κ3) is 5.22. The molecule has 0 aromatic rings. The van der Waals surface area contributed by atoms with Crippen molar-refractivity contribution in [3.8, 4) is 0 Å². The second-order valence-electron chi connectivity index (χ2n) is 6.80. The molecular weight excluding hydrogens is 613 g/mol. The summed E-state index contributed by atoms with van der Waals surface area (Å²) >= 11 is -3.72. The Labute approximate surface area is 201 Å². The van der Waals surface area contributed by atoms with Crippen LogP contribution in [0.1, 0.15) is 20.3 Å². The van der Waals surface area contributed by atoms with Crippen LogP contribution >= 0.6 is 0 Å². The molecular formula is C15H12F17NO4S. The van der Waals surface area contributed by atoms with Crippen LogP contribution in [0.5, 0.6) is 0 Å². The summed E-state index contributed by atoms with van der Waals surface area (Å²) in [6, 6.07) is 0. The molecule has 1 atom stereocenters. The first kappa shape index (κ1) is 35.9. The van der Waals surface area contributed by atoms with E-state index >= 15 is 0 Å². The van der Waals surface area contributed by atoms with E-state index in [1.54, 1.807) is 0 Å². The van der Waals surface area contributed by atoms with Gasteiger partial charge in [0.05, 0.1) is 6.61 Å². The first-order valence-corrected chi connectivity index (χ1v) is 10.1. The number of carbonyl (C=O) groups is 1. The maximum Gasteiger partial charge on any atom is 0.460 e. The van der Waals surface area contributed by atoms with Crippen LogP contribution in [-0.4, -0.2) is 69.0 Å². The molecule has 0 rings (SSSR count). The van der Waals surface area contributed by atoms with Gasteiger partial charge in [-0.3, -0.25) is 9.27 Å². The van der Waals surface area contributed by atoms with Gasteiger partial charge in [0.15, 0.2) is 0 Å².